The van der Waals surface area contributed by atoms with Gasteiger partial charge in [-0.2, -0.15) is 0 Å². The summed E-state index contributed by atoms with van der Waals surface area (Å²) < 4.78 is 5.79. The van der Waals surface area contributed by atoms with Crippen LogP contribution in [0.4, 0.5) is 0 Å². The first-order valence-electron chi connectivity index (χ1n) is 8.11. The van der Waals surface area contributed by atoms with Crippen molar-refractivity contribution in [1.82, 2.24) is 5.32 Å². The van der Waals surface area contributed by atoms with Crippen LogP contribution in [0.2, 0.25) is 10.0 Å². The molecule has 0 atom stereocenters. The average Bonchev–Trinajstić information content (AvgIpc) is 2.67. The molecule has 0 aliphatic carbocycles. The molecule has 0 radical (unpaired) electrons. The molecule has 0 saturated heterocycles. The summed E-state index contributed by atoms with van der Waals surface area (Å²) in [5.41, 5.74) is 3.01. The minimum atomic E-state index is 0.492. The van der Waals surface area contributed by atoms with E-state index in [1.54, 1.807) is 0 Å². The zero-order valence-corrected chi connectivity index (χ0v) is 16.2. The molecule has 0 spiro atoms. The van der Waals surface area contributed by atoms with Crippen LogP contribution in [0.5, 0.6) is 5.75 Å². The van der Waals surface area contributed by atoms with Gasteiger partial charge in [-0.25, -0.2) is 0 Å². The van der Waals surface area contributed by atoms with Gasteiger partial charge in [-0.15, -0.1) is 0 Å². The van der Waals surface area contributed by atoms with Crippen molar-refractivity contribution >= 4 is 40.4 Å². The Hall–Kier alpha value is -2.07. The molecule has 0 aliphatic rings. The third kappa shape index (κ3) is 5.21. The van der Waals surface area contributed by atoms with Crippen LogP contribution in [0.3, 0.4) is 0 Å². The maximum atomic E-state index is 6.16. The van der Waals surface area contributed by atoms with Gasteiger partial charge in [0, 0.05) is 22.2 Å². The van der Waals surface area contributed by atoms with Crippen LogP contribution in [0.1, 0.15) is 16.7 Å². The maximum Gasteiger partial charge on any atom is 0.119 e. The van der Waals surface area contributed by atoms with Gasteiger partial charge >= 0.3 is 0 Å². The Morgan fingerprint density at radius 2 is 1.58 bits per heavy atom. The highest BCUT2D eigenvalue weighted by molar-refractivity contribution is 7.80. The van der Waals surface area contributed by atoms with E-state index in [0.29, 0.717) is 18.1 Å². The van der Waals surface area contributed by atoms with E-state index in [-0.39, 0.29) is 0 Å². The summed E-state index contributed by atoms with van der Waals surface area (Å²) in [6, 6.07) is 23.0. The number of nitrogens with one attached hydrogen (secondary N) is 1. The highest BCUT2D eigenvalue weighted by Gasteiger charge is 2.04. The van der Waals surface area contributed by atoms with Crippen molar-refractivity contribution in [2.45, 2.75) is 13.2 Å². The van der Waals surface area contributed by atoms with Crippen molar-refractivity contribution in [2.24, 2.45) is 0 Å². The van der Waals surface area contributed by atoms with Crippen LogP contribution in [-0.4, -0.2) is 4.99 Å². The zero-order chi connectivity index (χ0) is 18.4. The predicted octanol–water partition coefficient (Wildman–Crippen LogP) is 6.04. The van der Waals surface area contributed by atoms with Crippen molar-refractivity contribution < 1.29 is 4.74 Å². The molecule has 0 bridgehead atoms. The van der Waals surface area contributed by atoms with Crippen molar-refractivity contribution in [1.29, 1.82) is 0 Å². The second-order valence-corrected chi connectivity index (χ2v) is 6.97. The number of hydrogen-bond acceptors (Lipinski definition) is 2. The standard InChI is InChI=1S/C21H17Cl2NOS/c22-18-9-5-15(6-10-18)14-25-19-11-7-16(8-12-19)21(26)24-13-17-3-1-2-4-20(17)23/h1-12H,13-14H2,(H,24,26). The third-order valence-electron chi connectivity index (χ3n) is 3.83. The molecule has 0 saturated carbocycles. The monoisotopic (exact) mass is 401 g/mol. The van der Waals surface area contributed by atoms with E-state index in [2.05, 4.69) is 5.32 Å². The second kappa shape index (κ2) is 9.04. The molecule has 132 valence electrons. The summed E-state index contributed by atoms with van der Waals surface area (Å²) in [6.07, 6.45) is 0. The van der Waals surface area contributed by atoms with Gasteiger partial charge in [0.05, 0.1) is 0 Å². The van der Waals surface area contributed by atoms with E-state index in [1.165, 1.54) is 0 Å². The molecule has 0 aromatic heterocycles. The van der Waals surface area contributed by atoms with E-state index < -0.39 is 0 Å². The number of benzene rings is 3. The molecule has 2 nitrogen and oxygen atoms in total. The maximum absolute atomic E-state index is 6.16. The van der Waals surface area contributed by atoms with E-state index in [9.17, 15) is 0 Å². The fourth-order valence-corrected chi connectivity index (χ4v) is 2.91. The van der Waals surface area contributed by atoms with Crippen LogP contribution < -0.4 is 10.1 Å². The Morgan fingerprint density at radius 1 is 0.885 bits per heavy atom. The molecule has 3 rings (SSSR count). The second-order valence-electron chi connectivity index (χ2n) is 5.71. The Labute approximate surface area is 168 Å². The number of rotatable bonds is 6. The lowest BCUT2D eigenvalue weighted by Crippen LogP contribution is -2.21. The van der Waals surface area contributed by atoms with Gasteiger partial charge in [0.25, 0.3) is 0 Å². The van der Waals surface area contributed by atoms with Gasteiger partial charge < -0.3 is 10.1 Å². The van der Waals surface area contributed by atoms with E-state index in [1.807, 2.05) is 72.8 Å². The molecule has 0 unspecified atom stereocenters. The smallest absolute Gasteiger partial charge is 0.119 e. The average molecular weight is 402 g/mol. The summed E-state index contributed by atoms with van der Waals surface area (Å²) >= 11 is 17.5. The van der Waals surface area contributed by atoms with Crippen molar-refractivity contribution in [3.05, 3.63) is 99.5 Å². The van der Waals surface area contributed by atoms with Crippen molar-refractivity contribution in [2.75, 3.05) is 0 Å². The van der Waals surface area contributed by atoms with Crippen LogP contribution in [0, 0.1) is 0 Å². The number of thiocarbonyl (C=S) groups is 1. The van der Waals surface area contributed by atoms with Gasteiger partial charge in [-0.05, 0) is 53.6 Å². The first kappa shape index (κ1) is 18.7. The topological polar surface area (TPSA) is 21.3 Å². The lowest BCUT2D eigenvalue weighted by Gasteiger charge is -2.11. The molecule has 0 amide bonds. The Balaban J connectivity index is 1.54. The Morgan fingerprint density at radius 3 is 2.27 bits per heavy atom. The normalized spacial score (nSPS) is 10.4. The molecule has 0 fully saturated rings. The molecule has 5 heteroatoms. The molecule has 0 aliphatic heterocycles. The lowest BCUT2D eigenvalue weighted by molar-refractivity contribution is 0.306. The Bertz CT molecular complexity index is 879. The van der Waals surface area contributed by atoms with Gasteiger partial charge in [0.2, 0.25) is 0 Å². The highest BCUT2D eigenvalue weighted by atomic mass is 35.5. The first-order valence-corrected chi connectivity index (χ1v) is 9.27. The number of halogens is 2. The van der Waals surface area contributed by atoms with Gasteiger partial charge in [-0.1, -0.05) is 65.8 Å². The van der Waals surface area contributed by atoms with Crippen LogP contribution in [0.15, 0.2) is 72.8 Å². The molecular formula is C21H17Cl2NOS. The van der Waals surface area contributed by atoms with E-state index in [4.69, 9.17) is 40.2 Å². The highest BCUT2D eigenvalue weighted by Crippen LogP contribution is 2.17. The minimum Gasteiger partial charge on any atom is -0.489 e. The number of hydrogen-bond donors (Lipinski definition) is 1. The zero-order valence-electron chi connectivity index (χ0n) is 13.9. The van der Waals surface area contributed by atoms with Gasteiger partial charge in [0.15, 0.2) is 0 Å². The molecule has 26 heavy (non-hydrogen) atoms. The predicted molar refractivity (Wildman–Crippen MR) is 112 cm³/mol. The SMILES string of the molecule is S=C(NCc1ccccc1Cl)c1ccc(OCc2ccc(Cl)cc2)cc1. The number of ether oxygens (including phenoxy) is 1. The van der Waals surface area contributed by atoms with E-state index >= 15 is 0 Å². The van der Waals surface area contributed by atoms with Crippen LogP contribution in [0.25, 0.3) is 0 Å². The summed E-state index contributed by atoms with van der Waals surface area (Å²) in [5.74, 6) is 0.789. The van der Waals surface area contributed by atoms with Crippen LogP contribution >= 0.6 is 35.4 Å². The molecule has 1 N–H and O–H groups in total. The molecule has 3 aromatic carbocycles. The summed E-state index contributed by atoms with van der Waals surface area (Å²) in [6.45, 7) is 1.08. The molecule has 3 aromatic rings. The summed E-state index contributed by atoms with van der Waals surface area (Å²) in [4.78, 5) is 0.675. The Kier molecular flexibility index (Phi) is 6.51. The lowest BCUT2D eigenvalue weighted by atomic mass is 10.2. The first-order chi connectivity index (χ1) is 12.6. The fourth-order valence-electron chi connectivity index (χ4n) is 2.37. The molecular weight excluding hydrogens is 385 g/mol. The third-order valence-corrected chi connectivity index (χ3v) is 4.83. The largest absolute Gasteiger partial charge is 0.489 e. The molecule has 0 heterocycles. The minimum absolute atomic E-state index is 0.492. The summed E-state index contributed by atoms with van der Waals surface area (Å²) in [5, 5.41) is 4.68. The van der Waals surface area contributed by atoms with Gasteiger partial charge in [-0.3, -0.25) is 0 Å². The van der Waals surface area contributed by atoms with Crippen molar-refractivity contribution in [3.8, 4) is 5.75 Å². The van der Waals surface area contributed by atoms with Gasteiger partial charge in [0.1, 0.15) is 17.3 Å². The quantitative estimate of drug-likeness (QED) is 0.508. The van der Waals surface area contributed by atoms with E-state index in [0.717, 1.165) is 32.5 Å². The fraction of sp³-hybridized carbons (Fsp3) is 0.0952. The summed E-state index contributed by atoms with van der Waals surface area (Å²) in [7, 11) is 0. The van der Waals surface area contributed by atoms with Crippen LogP contribution in [-0.2, 0) is 13.2 Å². The van der Waals surface area contributed by atoms with Crippen molar-refractivity contribution in [3.63, 3.8) is 0 Å².